The summed E-state index contributed by atoms with van der Waals surface area (Å²) in [5.41, 5.74) is 0. The van der Waals surface area contributed by atoms with Crippen molar-refractivity contribution in [3.05, 3.63) is 0 Å². The van der Waals surface area contributed by atoms with Gasteiger partial charge in [-0.15, -0.1) is 0 Å². The minimum Gasteiger partial charge on any atom is -0.381 e. The first-order valence-electron chi connectivity index (χ1n) is 7.29. The van der Waals surface area contributed by atoms with Crippen LogP contribution in [0.15, 0.2) is 0 Å². The van der Waals surface area contributed by atoms with Gasteiger partial charge in [-0.1, -0.05) is 47.5 Å². The highest BCUT2D eigenvalue weighted by Gasteiger charge is 2.09. The fourth-order valence-corrected chi connectivity index (χ4v) is 1.39. The summed E-state index contributed by atoms with van der Waals surface area (Å²) in [4.78, 5) is 0. The normalized spacial score (nSPS) is 16.8. The lowest BCUT2D eigenvalue weighted by Gasteiger charge is -2.18. The number of rotatable bonds is 11. The van der Waals surface area contributed by atoms with Crippen molar-refractivity contribution in [3.63, 3.8) is 0 Å². The van der Waals surface area contributed by atoms with Gasteiger partial charge in [0.15, 0.2) is 0 Å². The molecule has 17 heavy (non-hydrogen) atoms. The second kappa shape index (κ2) is 11.0. The van der Waals surface area contributed by atoms with E-state index in [1.807, 2.05) is 0 Å². The van der Waals surface area contributed by atoms with Crippen molar-refractivity contribution >= 4 is 0 Å². The van der Waals surface area contributed by atoms with Crippen molar-refractivity contribution in [1.29, 1.82) is 0 Å². The summed E-state index contributed by atoms with van der Waals surface area (Å²) in [7, 11) is 0. The molecule has 0 aromatic heterocycles. The summed E-state index contributed by atoms with van der Waals surface area (Å²) in [5, 5.41) is 0. The van der Waals surface area contributed by atoms with Crippen LogP contribution in [0.5, 0.6) is 0 Å². The third-order valence-electron chi connectivity index (χ3n) is 3.48. The van der Waals surface area contributed by atoms with Gasteiger partial charge in [0, 0.05) is 19.1 Å². The lowest BCUT2D eigenvalue weighted by molar-refractivity contribution is 0.0184. The van der Waals surface area contributed by atoms with E-state index < -0.39 is 0 Å². The lowest BCUT2D eigenvalue weighted by atomic mass is 10.1. The molecule has 2 unspecified atom stereocenters. The molecule has 104 valence electrons. The van der Waals surface area contributed by atoms with Crippen molar-refractivity contribution < 1.29 is 9.47 Å². The first-order chi connectivity index (χ1) is 8.13. The third kappa shape index (κ3) is 9.61. The molecular formula is C15H32O2. The average molecular weight is 244 g/mol. The molecule has 0 aromatic rings. The quantitative estimate of drug-likeness (QED) is 0.544. The maximum atomic E-state index is 5.74. The van der Waals surface area contributed by atoms with Crippen molar-refractivity contribution in [2.45, 2.75) is 53.9 Å². The first-order valence-corrected chi connectivity index (χ1v) is 7.29. The van der Waals surface area contributed by atoms with Gasteiger partial charge in [-0.25, -0.2) is 0 Å². The van der Waals surface area contributed by atoms with E-state index >= 15 is 0 Å². The zero-order chi connectivity index (χ0) is 13.1. The summed E-state index contributed by atoms with van der Waals surface area (Å²) in [6, 6.07) is 0. The topological polar surface area (TPSA) is 18.5 Å². The smallest absolute Gasteiger partial charge is 0.0516 e. The first kappa shape index (κ1) is 16.9. The van der Waals surface area contributed by atoms with Gasteiger partial charge < -0.3 is 9.47 Å². The zero-order valence-corrected chi connectivity index (χ0v) is 12.5. The Hall–Kier alpha value is -0.0800. The van der Waals surface area contributed by atoms with Crippen molar-refractivity contribution in [3.8, 4) is 0 Å². The summed E-state index contributed by atoms with van der Waals surface area (Å²) in [6.45, 7) is 14.6. The molecule has 2 nitrogen and oxygen atoms in total. The van der Waals surface area contributed by atoms with Crippen LogP contribution in [0.3, 0.4) is 0 Å². The second-order valence-corrected chi connectivity index (χ2v) is 5.38. The molecule has 0 fully saturated rings. The molecule has 2 atom stereocenters. The predicted octanol–water partition coefficient (Wildman–Crippen LogP) is 4.14. The number of hydrogen-bond donors (Lipinski definition) is 0. The number of ether oxygens (including phenoxy) is 2. The summed E-state index contributed by atoms with van der Waals surface area (Å²) >= 11 is 0. The van der Waals surface area contributed by atoms with E-state index in [0.29, 0.717) is 17.8 Å². The van der Waals surface area contributed by atoms with Crippen LogP contribution in [-0.2, 0) is 9.47 Å². The van der Waals surface area contributed by atoms with E-state index in [-0.39, 0.29) is 0 Å². The fourth-order valence-electron chi connectivity index (χ4n) is 1.39. The molecule has 0 amide bonds. The number of hydrogen-bond acceptors (Lipinski definition) is 2. The fraction of sp³-hybridized carbons (Fsp3) is 1.00. The highest BCUT2D eigenvalue weighted by Crippen LogP contribution is 2.09. The van der Waals surface area contributed by atoms with Crippen LogP contribution >= 0.6 is 0 Å². The molecule has 0 aromatic carbocycles. The molecular weight excluding hydrogens is 212 g/mol. The van der Waals surface area contributed by atoms with Gasteiger partial charge in [-0.3, -0.25) is 0 Å². The monoisotopic (exact) mass is 244 g/mol. The molecule has 0 spiro atoms. The van der Waals surface area contributed by atoms with E-state index in [2.05, 4.69) is 34.6 Å². The van der Waals surface area contributed by atoms with Gasteiger partial charge in [0.25, 0.3) is 0 Å². The van der Waals surface area contributed by atoms with Gasteiger partial charge in [-0.2, -0.15) is 0 Å². The maximum Gasteiger partial charge on any atom is 0.0516 e. The minimum absolute atomic E-state index is 0.558. The SMILES string of the molecule is CCC(C)COCC(CC)COCC(C)CC. The van der Waals surface area contributed by atoms with E-state index in [4.69, 9.17) is 9.47 Å². The molecule has 0 aliphatic carbocycles. The summed E-state index contributed by atoms with van der Waals surface area (Å²) < 4.78 is 11.5. The Morgan fingerprint density at radius 3 is 1.35 bits per heavy atom. The van der Waals surface area contributed by atoms with Crippen LogP contribution in [0.2, 0.25) is 0 Å². The molecule has 0 bridgehead atoms. The molecule has 0 N–H and O–H groups in total. The van der Waals surface area contributed by atoms with Crippen LogP contribution in [0.25, 0.3) is 0 Å². The summed E-state index contributed by atoms with van der Waals surface area (Å²) in [6.07, 6.45) is 3.53. The second-order valence-electron chi connectivity index (χ2n) is 5.38. The van der Waals surface area contributed by atoms with E-state index in [1.165, 1.54) is 12.8 Å². The zero-order valence-electron chi connectivity index (χ0n) is 12.5. The molecule has 0 radical (unpaired) electrons. The molecule has 0 heterocycles. The molecule has 2 heteroatoms. The van der Waals surface area contributed by atoms with Crippen LogP contribution in [0, 0.1) is 17.8 Å². The van der Waals surface area contributed by atoms with Gasteiger partial charge in [-0.05, 0) is 18.3 Å². The van der Waals surface area contributed by atoms with Gasteiger partial charge in [0.05, 0.1) is 13.2 Å². The summed E-state index contributed by atoms with van der Waals surface area (Å²) in [5.74, 6) is 1.91. The molecule has 0 saturated carbocycles. The highest BCUT2D eigenvalue weighted by molar-refractivity contribution is 4.56. The Morgan fingerprint density at radius 1 is 0.647 bits per heavy atom. The van der Waals surface area contributed by atoms with Crippen molar-refractivity contribution in [2.24, 2.45) is 17.8 Å². The van der Waals surface area contributed by atoms with Crippen molar-refractivity contribution in [1.82, 2.24) is 0 Å². The minimum atomic E-state index is 0.558. The largest absolute Gasteiger partial charge is 0.381 e. The average Bonchev–Trinajstić information content (AvgIpc) is 2.36. The molecule has 0 aliphatic heterocycles. The van der Waals surface area contributed by atoms with E-state index in [9.17, 15) is 0 Å². The van der Waals surface area contributed by atoms with Gasteiger partial charge in [0.1, 0.15) is 0 Å². The van der Waals surface area contributed by atoms with Crippen LogP contribution in [-0.4, -0.2) is 26.4 Å². The third-order valence-corrected chi connectivity index (χ3v) is 3.48. The molecule has 0 rings (SSSR count). The molecule has 0 saturated heterocycles. The Balaban J connectivity index is 3.55. The van der Waals surface area contributed by atoms with E-state index in [0.717, 1.165) is 32.8 Å². The maximum absolute atomic E-state index is 5.74. The standard InChI is InChI=1S/C15H32O2/c1-6-13(4)9-16-11-15(8-3)12-17-10-14(5)7-2/h13-15H,6-12H2,1-5H3. The Morgan fingerprint density at radius 2 is 1.06 bits per heavy atom. The Labute approximate surface area is 108 Å². The van der Waals surface area contributed by atoms with Crippen LogP contribution in [0.1, 0.15) is 53.9 Å². The van der Waals surface area contributed by atoms with Gasteiger partial charge >= 0.3 is 0 Å². The highest BCUT2D eigenvalue weighted by atomic mass is 16.5. The van der Waals surface area contributed by atoms with Crippen molar-refractivity contribution in [2.75, 3.05) is 26.4 Å². The predicted molar refractivity (Wildman–Crippen MR) is 74.3 cm³/mol. The van der Waals surface area contributed by atoms with Crippen LogP contribution < -0.4 is 0 Å². The lowest BCUT2D eigenvalue weighted by Crippen LogP contribution is -2.19. The van der Waals surface area contributed by atoms with Gasteiger partial charge in [0.2, 0.25) is 0 Å². The van der Waals surface area contributed by atoms with E-state index in [1.54, 1.807) is 0 Å². The molecule has 0 aliphatic rings. The van der Waals surface area contributed by atoms with Crippen LogP contribution in [0.4, 0.5) is 0 Å². The Kier molecular flexibility index (Phi) is 11.0. The Bertz CT molecular complexity index is 143.